The molecule has 0 atom stereocenters. The summed E-state index contributed by atoms with van der Waals surface area (Å²) in [7, 11) is 1.85. The number of aromatic nitrogens is 2. The maximum Gasteiger partial charge on any atom is 0.287 e. The van der Waals surface area contributed by atoms with Crippen molar-refractivity contribution in [3.8, 4) is 5.75 Å². The molecule has 0 aliphatic rings. The molecule has 2 heterocycles. The molecule has 0 saturated heterocycles. The number of benzene rings is 1. The third kappa shape index (κ3) is 5.01. The van der Waals surface area contributed by atoms with Crippen LogP contribution in [0.15, 0.2) is 34.9 Å². The quantitative estimate of drug-likeness (QED) is 0.594. The van der Waals surface area contributed by atoms with E-state index < -0.39 is 0 Å². The number of hydrogen-bond acceptors (Lipinski definition) is 4. The summed E-state index contributed by atoms with van der Waals surface area (Å²) in [5.74, 6) is 1.61. The van der Waals surface area contributed by atoms with Crippen molar-refractivity contribution in [3.05, 3.63) is 69.4 Å². The molecule has 1 aromatic carbocycles. The molecule has 29 heavy (non-hydrogen) atoms. The minimum absolute atomic E-state index is 0.232. The van der Waals surface area contributed by atoms with Crippen molar-refractivity contribution in [2.24, 2.45) is 7.05 Å². The molecule has 0 bridgehead atoms. The molecule has 0 fully saturated rings. The van der Waals surface area contributed by atoms with Gasteiger partial charge in [0.05, 0.1) is 5.69 Å². The molecule has 1 N–H and O–H groups in total. The number of carbonyl (C=O) groups is 1. The van der Waals surface area contributed by atoms with Crippen LogP contribution in [-0.4, -0.2) is 15.7 Å². The maximum absolute atomic E-state index is 12.4. The Morgan fingerprint density at radius 3 is 2.72 bits per heavy atom. The third-order valence-electron chi connectivity index (χ3n) is 4.72. The molecule has 0 aliphatic heterocycles. The summed E-state index contributed by atoms with van der Waals surface area (Å²) in [5.41, 5.74) is 3.85. The number of nitrogens with one attached hydrogen (secondary N) is 1. The van der Waals surface area contributed by atoms with Crippen molar-refractivity contribution in [1.82, 2.24) is 15.1 Å². The summed E-state index contributed by atoms with van der Waals surface area (Å²) in [6.45, 7) is 8.66. The number of amides is 1. The number of ether oxygens (including phenoxy) is 1. The number of furan rings is 1. The summed E-state index contributed by atoms with van der Waals surface area (Å²) in [4.78, 5) is 12.4. The fourth-order valence-electron chi connectivity index (χ4n) is 3.06. The van der Waals surface area contributed by atoms with E-state index in [2.05, 4.69) is 24.3 Å². The fourth-order valence-corrected chi connectivity index (χ4v) is 3.23. The maximum atomic E-state index is 12.4. The van der Waals surface area contributed by atoms with Gasteiger partial charge in [0, 0.05) is 30.4 Å². The van der Waals surface area contributed by atoms with Gasteiger partial charge in [-0.3, -0.25) is 9.48 Å². The van der Waals surface area contributed by atoms with Crippen LogP contribution in [0.3, 0.4) is 0 Å². The Bertz CT molecular complexity index is 1020. The first-order chi connectivity index (χ1) is 13.7. The van der Waals surface area contributed by atoms with Crippen LogP contribution in [0.25, 0.3) is 0 Å². The topological polar surface area (TPSA) is 69.3 Å². The Hall–Kier alpha value is -2.73. The van der Waals surface area contributed by atoms with Crippen LogP contribution in [0.5, 0.6) is 5.75 Å². The second-order valence-corrected chi connectivity index (χ2v) is 7.85. The summed E-state index contributed by atoms with van der Waals surface area (Å²) in [5, 5.41) is 7.84. The van der Waals surface area contributed by atoms with E-state index in [-0.39, 0.29) is 24.2 Å². The van der Waals surface area contributed by atoms with E-state index in [0.717, 1.165) is 33.2 Å². The zero-order valence-electron chi connectivity index (χ0n) is 17.4. The Balaban J connectivity index is 1.63. The van der Waals surface area contributed by atoms with E-state index in [0.29, 0.717) is 12.3 Å². The van der Waals surface area contributed by atoms with Gasteiger partial charge in [0.15, 0.2) is 5.76 Å². The van der Waals surface area contributed by atoms with Gasteiger partial charge >= 0.3 is 0 Å². The van der Waals surface area contributed by atoms with E-state index >= 15 is 0 Å². The highest BCUT2D eigenvalue weighted by Gasteiger charge is 2.15. The molecule has 2 aromatic heterocycles. The molecule has 0 spiro atoms. The highest BCUT2D eigenvalue weighted by atomic mass is 35.5. The number of aryl methyl sites for hydroxylation is 3. The lowest BCUT2D eigenvalue weighted by Gasteiger charge is -2.15. The van der Waals surface area contributed by atoms with Gasteiger partial charge in [-0.2, -0.15) is 5.10 Å². The molecule has 7 heteroatoms. The van der Waals surface area contributed by atoms with Crippen LogP contribution in [0.4, 0.5) is 0 Å². The highest BCUT2D eigenvalue weighted by Crippen LogP contribution is 2.32. The number of carbonyl (C=O) groups excluding carboxylic acids is 1. The van der Waals surface area contributed by atoms with Gasteiger partial charge in [0.1, 0.15) is 18.1 Å². The molecular formula is C22H26ClN3O3. The Morgan fingerprint density at radius 2 is 2.07 bits per heavy atom. The molecule has 154 valence electrons. The lowest BCUT2D eigenvalue weighted by Crippen LogP contribution is -2.22. The monoisotopic (exact) mass is 415 g/mol. The molecule has 6 nitrogen and oxygen atoms in total. The minimum Gasteiger partial charge on any atom is -0.485 e. The van der Waals surface area contributed by atoms with Crippen LogP contribution in [-0.2, 0) is 20.2 Å². The van der Waals surface area contributed by atoms with Gasteiger partial charge in [0.2, 0.25) is 0 Å². The second kappa shape index (κ2) is 8.74. The zero-order chi connectivity index (χ0) is 21.1. The van der Waals surface area contributed by atoms with Crippen LogP contribution < -0.4 is 10.1 Å². The summed E-state index contributed by atoms with van der Waals surface area (Å²) in [6, 6.07) is 7.28. The summed E-state index contributed by atoms with van der Waals surface area (Å²) in [6.07, 6.45) is 1.89. The lowest BCUT2D eigenvalue weighted by molar-refractivity contribution is 0.0919. The summed E-state index contributed by atoms with van der Waals surface area (Å²) >= 11 is 6.25. The first kappa shape index (κ1) is 21.0. The predicted molar refractivity (Wildman–Crippen MR) is 112 cm³/mol. The summed E-state index contributed by atoms with van der Waals surface area (Å²) < 4.78 is 13.4. The van der Waals surface area contributed by atoms with Crippen molar-refractivity contribution < 1.29 is 13.9 Å². The smallest absolute Gasteiger partial charge is 0.287 e. The van der Waals surface area contributed by atoms with E-state index in [1.165, 1.54) is 0 Å². The second-order valence-electron chi connectivity index (χ2n) is 7.44. The molecular weight excluding hydrogens is 390 g/mol. The number of hydrogen-bond donors (Lipinski definition) is 1. The van der Waals surface area contributed by atoms with Crippen molar-refractivity contribution in [3.63, 3.8) is 0 Å². The lowest BCUT2D eigenvalue weighted by atomic mass is 10.0. The van der Waals surface area contributed by atoms with Crippen molar-refractivity contribution in [2.45, 2.75) is 46.8 Å². The SMILES string of the molecule is Cc1cc(OCc2ccc(C(=O)NCc3cn(C)nc3C)o2)c(C(C)C)cc1Cl. The third-order valence-corrected chi connectivity index (χ3v) is 5.13. The van der Waals surface area contributed by atoms with Gasteiger partial charge in [-0.05, 0) is 55.2 Å². The van der Waals surface area contributed by atoms with Gasteiger partial charge in [-0.25, -0.2) is 0 Å². The van der Waals surface area contributed by atoms with E-state index in [1.807, 2.05) is 39.2 Å². The minimum atomic E-state index is -0.273. The fraction of sp³-hybridized carbons (Fsp3) is 0.364. The first-order valence-electron chi connectivity index (χ1n) is 9.53. The van der Waals surface area contributed by atoms with Gasteiger partial charge < -0.3 is 14.5 Å². The average Bonchev–Trinajstić information content (AvgIpc) is 3.26. The Kier molecular flexibility index (Phi) is 6.33. The van der Waals surface area contributed by atoms with Crippen molar-refractivity contribution in [1.29, 1.82) is 0 Å². The average molecular weight is 416 g/mol. The van der Waals surface area contributed by atoms with Gasteiger partial charge in [0.25, 0.3) is 5.91 Å². The molecule has 3 rings (SSSR count). The van der Waals surface area contributed by atoms with Crippen LogP contribution in [0, 0.1) is 13.8 Å². The number of nitrogens with zero attached hydrogens (tertiary/aromatic N) is 2. The predicted octanol–water partition coefficient (Wildman–Crippen LogP) is 4.92. The largest absolute Gasteiger partial charge is 0.485 e. The van der Waals surface area contributed by atoms with Crippen molar-refractivity contribution in [2.75, 3.05) is 0 Å². The van der Waals surface area contributed by atoms with E-state index in [4.69, 9.17) is 20.8 Å². The van der Waals surface area contributed by atoms with Gasteiger partial charge in [-0.1, -0.05) is 25.4 Å². The standard InChI is InChI=1S/C22H26ClN3O3/c1-13(2)18-9-19(23)14(3)8-21(18)28-12-17-6-7-20(29-17)22(27)24-10-16-11-26(5)25-15(16)4/h6-9,11,13H,10,12H2,1-5H3,(H,24,27). The van der Waals surface area contributed by atoms with E-state index in [9.17, 15) is 4.79 Å². The normalized spacial score (nSPS) is 11.1. The molecule has 3 aromatic rings. The first-order valence-corrected chi connectivity index (χ1v) is 9.91. The number of halogens is 1. The van der Waals surface area contributed by atoms with Crippen molar-refractivity contribution >= 4 is 17.5 Å². The Labute approximate surface area is 175 Å². The van der Waals surface area contributed by atoms with Crippen LogP contribution >= 0.6 is 11.6 Å². The van der Waals surface area contributed by atoms with Crippen LogP contribution in [0.1, 0.15) is 58.5 Å². The molecule has 0 saturated carbocycles. The molecule has 0 unspecified atom stereocenters. The molecule has 1 amide bonds. The Morgan fingerprint density at radius 1 is 1.31 bits per heavy atom. The van der Waals surface area contributed by atoms with Crippen LogP contribution in [0.2, 0.25) is 5.02 Å². The van der Waals surface area contributed by atoms with Gasteiger partial charge in [-0.15, -0.1) is 0 Å². The zero-order valence-corrected chi connectivity index (χ0v) is 18.1. The van der Waals surface area contributed by atoms with E-state index in [1.54, 1.807) is 16.8 Å². The highest BCUT2D eigenvalue weighted by molar-refractivity contribution is 6.31. The molecule has 0 aliphatic carbocycles. The molecule has 0 radical (unpaired) electrons. The number of rotatable bonds is 7.